The van der Waals surface area contributed by atoms with Gasteiger partial charge in [0.25, 0.3) is 0 Å². The maximum absolute atomic E-state index is 6.26. The molecule has 0 saturated heterocycles. The highest BCUT2D eigenvalue weighted by molar-refractivity contribution is 5.98. The van der Waals surface area contributed by atoms with Gasteiger partial charge in [0, 0.05) is 0 Å². The average molecular weight is 541 g/mol. The van der Waals surface area contributed by atoms with Gasteiger partial charge in [0.2, 0.25) is 11.8 Å². The minimum atomic E-state index is 0.207. The number of rotatable bonds is 12. The molecule has 0 bridgehead atoms. The molecule has 0 N–H and O–H groups in total. The highest BCUT2D eigenvalue weighted by atomic mass is 16.5. The summed E-state index contributed by atoms with van der Waals surface area (Å²) in [4.78, 5) is 9.63. The molecule has 3 aromatic rings. The van der Waals surface area contributed by atoms with Gasteiger partial charge in [-0.1, -0.05) is 70.2 Å². The van der Waals surface area contributed by atoms with Crippen molar-refractivity contribution in [2.45, 2.75) is 65.8 Å². The van der Waals surface area contributed by atoms with Gasteiger partial charge in [-0.15, -0.1) is 0 Å². The van der Waals surface area contributed by atoms with Crippen LogP contribution in [0.3, 0.4) is 0 Å². The lowest BCUT2D eigenvalue weighted by atomic mass is 10.1. The Balaban J connectivity index is 1.22. The third-order valence-corrected chi connectivity index (χ3v) is 6.93. The van der Waals surface area contributed by atoms with E-state index in [0.717, 1.165) is 46.6 Å². The van der Waals surface area contributed by atoms with Gasteiger partial charge in [-0.3, -0.25) is 0 Å². The van der Waals surface area contributed by atoms with Gasteiger partial charge in [0.05, 0.1) is 23.2 Å². The van der Waals surface area contributed by atoms with Crippen LogP contribution in [0.2, 0.25) is 0 Å². The second-order valence-corrected chi connectivity index (χ2v) is 11.4. The van der Waals surface area contributed by atoms with Gasteiger partial charge in [0.15, 0.2) is 0 Å². The molecule has 0 amide bonds. The summed E-state index contributed by atoms with van der Waals surface area (Å²) in [6.45, 7) is 11.0. The summed E-state index contributed by atoms with van der Waals surface area (Å²) in [5.74, 6) is 4.06. The van der Waals surface area contributed by atoms with E-state index in [4.69, 9.17) is 28.9 Å². The quantitative estimate of drug-likeness (QED) is 0.243. The lowest BCUT2D eigenvalue weighted by Crippen LogP contribution is -2.09. The zero-order valence-electron chi connectivity index (χ0n) is 24.0. The molecule has 6 heteroatoms. The van der Waals surface area contributed by atoms with Crippen LogP contribution >= 0.6 is 0 Å². The topological polar surface area (TPSA) is 61.6 Å². The number of hydrogen-bond donors (Lipinski definition) is 0. The molecule has 3 aromatic carbocycles. The van der Waals surface area contributed by atoms with E-state index in [1.165, 1.54) is 0 Å². The van der Waals surface area contributed by atoms with Crippen LogP contribution in [0.25, 0.3) is 0 Å². The van der Waals surface area contributed by atoms with Crippen LogP contribution < -0.4 is 9.47 Å². The standard InChI is InChI=1S/C34H40N2O4/c1-23(2)16-27-21-39-33(35-27)29-12-5-7-14-31(29)37-19-25-10-9-11-26(18-25)20-38-32-15-8-6-13-30(32)34-36-28(22-40-34)17-24(3)4/h5-15,18,23-24,27-28H,16-17,19-22H2,1-4H3/t27-,28-/m0/s1. The SMILES string of the molecule is CC(C)C[C@H]1COC(c2ccccc2OCc2cccc(COc3ccccc3C3=N[C@@H](CC(C)C)CO3)c2)=N1. The van der Waals surface area contributed by atoms with E-state index >= 15 is 0 Å². The van der Waals surface area contributed by atoms with Crippen LogP contribution in [0.15, 0.2) is 82.8 Å². The molecule has 2 aliphatic rings. The largest absolute Gasteiger partial charge is 0.488 e. The van der Waals surface area contributed by atoms with Crippen LogP contribution in [0.5, 0.6) is 11.5 Å². The van der Waals surface area contributed by atoms with Gasteiger partial charge in [-0.25, -0.2) is 9.98 Å². The number of aliphatic imine (C=N–C) groups is 2. The molecule has 0 aromatic heterocycles. The Labute approximate surface area is 238 Å². The number of ether oxygens (including phenoxy) is 4. The predicted molar refractivity (Wildman–Crippen MR) is 159 cm³/mol. The van der Waals surface area contributed by atoms with E-state index in [1.807, 2.05) is 54.6 Å². The summed E-state index contributed by atoms with van der Waals surface area (Å²) >= 11 is 0. The van der Waals surface area contributed by atoms with Crippen molar-refractivity contribution >= 4 is 11.8 Å². The minimum Gasteiger partial charge on any atom is -0.488 e. The fraction of sp³-hybridized carbons (Fsp3) is 0.412. The number of benzene rings is 3. The first-order valence-corrected chi connectivity index (χ1v) is 14.4. The Bertz CT molecular complexity index is 1250. The molecular formula is C34H40N2O4. The van der Waals surface area contributed by atoms with E-state index in [0.29, 0.717) is 50.1 Å². The molecule has 0 unspecified atom stereocenters. The van der Waals surface area contributed by atoms with Crippen LogP contribution in [0.1, 0.15) is 62.8 Å². The van der Waals surface area contributed by atoms with Crippen LogP contribution in [-0.2, 0) is 22.7 Å². The third kappa shape index (κ3) is 7.23. The lowest BCUT2D eigenvalue weighted by molar-refractivity contribution is 0.289. The van der Waals surface area contributed by atoms with Crippen molar-refractivity contribution in [3.63, 3.8) is 0 Å². The van der Waals surface area contributed by atoms with Crippen molar-refractivity contribution in [1.29, 1.82) is 0 Å². The molecule has 0 fully saturated rings. The van der Waals surface area contributed by atoms with Gasteiger partial charge in [-0.05, 0) is 66.1 Å². The zero-order valence-corrected chi connectivity index (χ0v) is 24.0. The maximum Gasteiger partial charge on any atom is 0.220 e. The highest BCUT2D eigenvalue weighted by Crippen LogP contribution is 2.27. The second kappa shape index (κ2) is 13.0. The average Bonchev–Trinajstić information content (AvgIpc) is 3.60. The van der Waals surface area contributed by atoms with E-state index in [9.17, 15) is 0 Å². The van der Waals surface area contributed by atoms with Crippen molar-refractivity contribution < 1.29 is 18.9 Å². The van der Waals surface area contributed by atoms with Crippen molar-refractivity contribution in [3.8, 4) is 11.5 Å². The molecule has 40 heavy (non-hydrogen) atoms. The lowest BCUT2D eigenvalue weighted by Gasteiger charge is -2.13. The molecule has 2 aliphatic heterocycles. The molecule has 5 rings (SSSR count). The van der Waals surface area contributed by atoms with Crippen molar-refractivity contribution in [2.24, 2.45) is 21.8 Å². The maximum atomic E-state index is 6.26. The van der Waals surface area contributed by atoms with Crippen molar-refractivity contribution in [3.05, 3.63) is 95.1 Å². The van der Waals surface area contributed by atoms with Crippen molar-refractivity contribution in [1.82, 2.24) is 0 Å². The molecule has 0 saturated carbocycles. The molecule has 0 radical (unpaired) electrons. The van der Waals surface area contributed by atoms with E-state index < -0.39 is 0 Å². The third-order valence-electron chi connectivity index (χ3n) is 6.93. The molecular weight excluding hydrogens is 500 g/mol. The molecule has 210 valence electrons. The second-order valence-electron chi connectivity index (χ2n) is 11.4. The molecule has 0 aliphatic carbocycles. The normalized spacial score (nSPS) is 18.4. The molecule has 2 heterocycles. The first kappa shape index (κ1) is 27.8. The molecule has 6 nitrogen and oxygen atoms in total. The van der Waals surface area contributed by atoms with Gasteiger partial charge in [0.1, 0.15) is 37.9 Å². The first-order valence-electron chi connectivity index (χ1n) is 14.4. The summed E-state index contributed by atoms with van der Waals surface area (Å²) in [5, 5.41) is 0. The van der Waals surface area contributed by atoms with Gasteiger partial charge >= 0.3 is 0 Å². The van der Waals surface area contributed by atoms with Crippen molar-refractivity contribution in [2.75, 3.05) is 13.2 Å². The fourth-order valence-corrected chi connectivity index (χ4v) is 5.13. The van der Waals surface area contributed by atoms with E-state index in [1.54, 1.807) is 0 Å². The first-order chi connectivity index (χ1) is 19.4. The Morgan fingerprint density at radius 2 is 1.10 bits per heavy atom. The number of nitrogens with zero attached hydrogens (tertiary/aromatic N) is 2. The Morgan fingerprint density at radius 3 is 1.55 bits per heavy atom. The van der Waals surface area contributed by atoms with Crippen LogP contribution in [0.4, 0.5) is 0 Å². The zero-order chi connectivity index (χ0) is 27.9. The summed E-state index contributed by atoms with van der Waals surface area (Å²) in [7, 11) is 0. The Kier molecular flexibility index (Phi) is 9.04. The number of para-hydroxylation sites is 2. The Hall–Kier alpha value is -3.80. The summed E-state index contributed by atoms with van der Waals surface area (Å²) in [6.07, 6.45) is 2.04. The molecule has 2 atom stereocenters. The summed E-state index contributed by atoms with van der Waals surface area (Å²) in [6, 6.07) is 24.6. The minimum absolute atomic E-state index is 0.207. The number of hydrogen-bond acceptors (Lipinski definition) is 6. The van der Waals surface area contributed by atoms with Crippen LogP contribution in [-0.4, -0.2) is 37.1 Å². The van der Waals surface area contributed by atoms with Gasteiger partial charge in [-0.2, -0.15) is 0 Å². The summed E-state index contributed by atoms with van der Waals surface area (Å²) < 4.78 is 24.4. The monoisotopic (exact) mass is 540 g/mol. The van der Waals surface area contributed by atoms with Crippen LogP contribution in [0, 0.1) is 11.8 Å². The Morgan fingerprint density at radius 1 is 0.650 bits per heavy atom. The van der Waals surface area contributed by atoms with E-state index in [-0.39, 0.29) is 12.1 Å². The fourth-order valence-electron chi connectivity index (χ4n) is 5.13. The smallest absolute Gasteiger partial charge is 0.220 e. The summed E-state index contributed by atoms with van der Waals surface area (Å²) in [5.41, 5.74) is 3.93. The predicted octanol–water partition coefficient (Wildman–Crippen LogP) is 7.23. The highest BCUT2D eigenvalue weighted by Gasteiger charge is 2.24. The van der Waals surface area contributed by atoms with Gasteiger partial charge < -0.3 is 18.9 Å². The van der Waals surface area contributed by atoms with E-state index in [2.05, 4.69) is 45.9 Å². The molecule has 0 spiro atoms.